The van der Waals surface area contributed by atoms with Gasteiger partial charge in [0.25, 0.3) is 5.91 Å². The molecule has 3 rings (SSSR count). The standard InChI is InChI=1S/C20H22FN3O2/c1-14-5-7-16(8-6-14)19(25)23-13-18(24-10-9-22-20(24)26)12-15-3-2-4-17(21)11-15/h2-8,11,18H,9-10,12-13H2,1H3,(H,22,26)(H,23,25)/t18-/m1/s1. The predicted molar refractivity (Wildman–Crippen MR) is 97.5 cm³/mol. The van der Waals surface area contributed by atoms with Crippen LogP contribution in [0.1, 0.15) is 21.5 Å². The van der Waals surface area contributed by atoms with Crippen molar-refractivity contribution < 1.29 is 14.0 Å². The van der Waals surface area contributed by atoms with Gasteiger partial charge in [-0.05, 0) is 43.2 Å². The quantitative estimate of drug-likeness (QED) is 0.836. The maximum absolute atomic E-state index is 13.5. The average molecular weight is 355 g/mol. The average Bonchev–Trinajstić information content (AvgIpc) is 3.05. The van der Waals surface area contributed by atoms with E-state index in [4.69, 9.17) is 0 Å². The molecule has 3 amide bonds. The normalized spacial score (nSPS) is 14.8. The van der Waals surface area contributed by atoms with Gasteiger partial charge in [0.1, 0.15) is 5.82 Å². The molecule has 2 aromatic carbocycles. The van der Waals surface area contributed by atoms with Gasteiger partial charge in [-0.2, -0.15) is 0 Å². The lowest BCUT2D eigenvalue weighted by Crippen LogP contribution is -2.46. The maximum atomic E-state index is 13.5. The minimum Gasteiger partial charge on any atom is -0.350 e. The van der Waals surface area contributed by atoms with Crippen molar-refractivity contribution in [2.45, 2.75) is 19.4 Å². The number of hydrogen-bond acceptors (Lipinski definition) is 2. The summed E-state index contributed by atoms with van der Waals surface area (Å²) in [6, 6.07) is 13.2. The first kappa shape index (κ1) is 17.9. The number of rotatable bonds is 6. The van der Waals surface area contributed by atoms with Crippen molar-refractivity contribution in [3.63, 3.8) is 0 Å². The van der Waals surface area contributed by atoms with Crippen LogP contribution < -0.4 is 10.6 Å². The predicted octanol–water partition coefficient (Wildman–Crippen LogP) is 2.50. The summed E-state index contributed by atoms with van der Waals surface area (Å²) >= 11 is 0. The second kappa shape index (κ2) is 7.99. The van der Waals surface area contributed by atoms with E-state index < -0.39 is 0 Å². The summed E-state index contributed by atoms with van der Waals surface area (Å²) in [6.07, 6.45) is 0.472. The third kappa shape index (κ3) is 4.39. The molecule has 1 heterocycles. The van der Waals surface area contributed by atoms with Crippen LogP contribution in [0.5, 0.6) is 0 Å². The summed E-state index contributed by atoms with van der Waals surface area (Å²) in [6.45, 7) is 3.41. The van der Waals surface area contributed by atoms with Gasteiger partial charge in [-0.3, -0.25) is 4.79 Å². The topological polar surface area (TPSA) is 61.4 Å². The highest BCUT2D eigenvalue weighted by molar-refractivity contribution is 5.94. The molecule has 1 atom stereocenters. The molecule has 0 radical (unpaired) electrons. The molecule has 2 aromatic rings. The maximum Gasteiger partial charge on any atom is 0.317 e. The van der Waals surface area contributed by atoms with Gasteiger partial charge >= 0.3 is 6.03 Å². The first-order valence-electron chi connectivity index (χ1n) is 8.67. The van der Waals surface area contributed by atoms with Gasteiger partial charge in [-0.1, -0.05) is 29.8 Å². The summed E-state index contributed by atoms with van der Waals surface area (Å²) in [4.78, 5) is 26.1. The van der Waals surface area contributed by atoms with E-state index in [0.717, 1.165) is 11.1 Å². The second-order valence-electron chi connectivity index (χ2n) is 6.49. The van der Waals surface area contributed by atoms with Crippen LogP contribution in [0.4, 0.5) is 9.18 Å². The molecule has 0 saturated carbocycles. The van der Waals surface area contributed by atoms with E-state index in [1.165, 1.54) is 12.1 Å². The molecule has 6 heteroatoms. The number of carbonyl (C=O) groups excluding carboxylic acids is 2. The lowest BCUT2D eigenvalue weighted by molar-refractivity contribution is 0.0940. The highest BCUT2D eigenvalue weighted by atomic mass is 19.1. The van der Waals surface area contributed by atoms with Gasteiger partial charge in [0.15, 0.2) is 0 Å². The Morgan fingerprint density at radius 3 is 2.69 bits per heavy atom. The minimum atomic E-state index is -0.309. The zero-order chi connectivity index (χ0) is 18.5. The van der Waals surface area contributed by atoms with Crippen LogP contribution in [0, 0.1) is 12.7 Å². The zero-order valence-corrected chi connectivity index (χ0v) is 14.7. The van der Waals surface area contributed by atoms with Crippen LogP contribution in [0.15, 0.2) is 48.5 Å². The van der Waals surface area contributed by atoms with E-state index >= 15 is 0 Å². The van der Waals surface area contributed by atoms with Crippen LogP contribution in [-0.2, 0) is 6.42 Å². The van der Waals surface area contributed by atoms with Gasteiger partial charge < -0.3 is 15.5 Å². The number of nitrogens with one attached hydrogen (secondary N) is 2. The van der Waals surface area contributed by atoms with Crippen molar-refractivity contribution in [3.05, 3.63) is 71.0 Å². The molecule has 0 aliphatic carbocycles. The van der Waals surface area contributed by atoms with E-state index in [0.29, 0.717) is 31.6 Å². The van der Waals surface area contributed by atoms with Crippen molar-refractivity contribution in [2.75, 3.05) is 19.6 Å². The van der Waals surface area contributed by atoms with Crippen molar-refractivity contribution in [3.8, 4) is 0 Å². The van der Waals surface area contributed by atoms with Crippen LogP contribution in [-0.4, -0.2) is 42.5 Å². The van der Waals surface area contributed by atoms with Crippen LogP contribution in [0.2, 0.25) is 0 Å². The van der Waals surface area contributed by atoms with Crippen molar-refractivity contribution >= 4 is 11.9 Å². The number of amides is 3. The molecule has 1 saturated heterocycles. The van der Waals surface area contributed by atoms with Crippen molar-refractivity contribution in [1.82, 2.24) is 15.5 Å². The van der Waals surface area contributed by atoms with Crippen LogP contribution >= 0.6 is 0 Å². The molecule has 1 fully saturated rings. The highest BCUT2D eigenvalue weighted by Crippen LogP contribution is 2.13. The zero-order valence-electron chi connectivity index (χ0n) is 14.7. The Bertz CT molecular complexity index is 792. The molecular formula is C20H22FN3O2. The summed E-state index contributed by atoms with van der Waals surface area (Å²) < 4.78 is 13.5. The SMILES string of the molecule is Cc1ccc(C(=O)NC[C@@H](Cc2cccc(F)c2)N2CCNC2=O)cc1. The van der Waals surface area contributed by atoms with E-state index in [1.807, 2.05) is 25.1 Å². The number of halogens is 1. The summed E-state index contributed by atoms with van der Waals surface area (Å²) in [5.41, 5.74) is 2.45. The molecular weight excluding hydrogens is 333 g/mol. The number of urea groups is 1. The van der Waals surface area contributed by atoms with Gasteiger partial charge in [-0.25, -0.2) is 9.18 Å². The van der Waals surface area contributed by atoms with E-state index in [2.05, 4.69) is 10.6 Å². The fourth-order valence-electron chi connectivity index (χ4n) is 3.08. The third-order valence-electron chi connectivity index (χ3n) is 4.50. The Labute approximate surface area is 152 Å². The smallest absolute Gasteiger partial charge is 0.317 e. The van der Waals surface area contributed by atoms with E-state index in [9.17, 15) is 14.0 Å². The Morgan fingerprint density at radius 2 is 2.04 bits per heavy atom. The van der Waals surface area contributed by atoms with E-state index in [-0.39, 0.29) is 23.8 Å². The van der Waals surface area contributed by atoms with Crippen molar-refractivity contribution in [2.24, 2.45) is 0 Å². The molecule has 0 bridgehead atoms. The molecule has 5 nitrogen and oxygen atoms in total. The first-order chi connectivity index (χ1) is 12.5. The molecule has 0 aromatic heterocycles. The van der Waals surface area contributed by atoms with Gasteiger partial charge in [0.05, 0.1) is 6.04 Å². The summed E-state index contributed by atoms with van der Waals surface area (Å²) in [7, 11) is 0. The molecule has 0 unspecified atom stereocenters. The van der Waals surface area contributed by atoms with Crippen LogP contribution in [0.25, 0.3) is 0 Å². The molecule has 26 heavy (non-hydrogen) atoms. The lowest BCUT2D eigenvalue weighted by atomic mass is 10.0. The molecule has 2 N–H and O–H groups in total. The Hall–Kier alpha value is -2.89. The van der Waals surface area contributed by atoms with Crippen LogP contribution in [0.3, 0.4) is 0 Å². The minimum absolute atomic E-state index is 0.156. The lowest BCUT2D eigenvalue weighted by Gasteiger charge is -2.27. The first-order valence-corrected chi connectivity index (χ1v) is 8.67. The Balaban J connectivity index is 1.70. The Morgan fingerprint density at radius 1 is 1.27 bits per heavy atom. The Kier molecular flexibility index (Phi) is 5.51. The number of nitrogens with zero attached hydrogens (tertiary/aromatic N) is 1. The van der Waals surface area contributed by atoms with Gasteiger partial charge in [0, 0.05) is 25.2 Å². The fraction of sp³-hybridized carbons (Fsp3) is 0.300. The molecule has 1 aliphatic heterocycles. The van der Waals surface area contributed by atoms with Gasteiger partial charge in [0.2, 0.25) is 0 Å². The number of benzene rings is 2. The number of hydrogen-bond donors (Lipinski definition) is 2. The molecule has 136 valence electrons. The largest absolute Gasteiger partial charge is 0.350 e. The highest BCUT2D eigenvalue weighted by Gasteiger charge is 2.28. The number of carbonyl (C=O) groups is 2. The summed E-state index contributed by atoms with van der Waals surface area (Å²) in [5.74, 6) is -0.496. The monoisotopic (exact) mass is 355 g/mol. The van der Waals surface area contributed by atoms with Gasteiger partial charge in [-0.15, -0.1) is 0 Å². The van der Waals surface area contributed by atoms with E-state index in [1.54, 1.807) is 23.1 Å². The van der Waals surface area contributed by atoms with Crippen molar-refractivity contribution in [1.29, 1.82) is 0 Å². The third-order valence-corrected chi connectivity index (χ3v) is 4.50. The summed E-state index contributed by atoms with van der Waals surface area (Å²) in [5, 5.41) is 5.67. The fourth-order valence-corrected chi connectivity index (χ4v) is 3.08. The number of aryl methyl sites for hydroxylation is 1. The molecule has 0 spiro atoms. The second-order valence-corrected chi connectivity index (χ2v) is 6.49. The molecule has 1 aliphatic rings.